The molecular formula is C20H27N5O3S2. The van der Waals surface area contributed by atoms with Gasteiger partial charge >= 0.3 is 0 Å². The fraction of sp³-hybridized carbons (Fsp3) is 0.550. The fourth-order valence-corrected chi connectivity index (χ4v) is 6.34. The average molecular weight is 450 g/mol. The second kappa shape index (κ2) is 9.07. The van der Waals surface area contributed by atoms with Gasteiger partial charge in [-0.05, 0) is 55.9 Å². The first-order valence-electron chi connectivity index (χ1n) is 10.4. The molecule has 30 heavy (non-hydrogen) atoms. The Morgan fingerprint density at radius 1 is 1.10 bits per heavy atom. The predicted octanol–water partition coefficient (Wildman–Crippen LogP) is 1.80. The van der Waals surface area contributed by atoms with Crippen molar-refractivity contribution in [3.8, 4) is 0 Å². The molecule has 1 aromatic heterocycles. The van der Waals surface area contributed by atoms with Crippen molar-refractivity contribution in [1.29, 1.82) is 0 Å². The minimum absolute atomic E-state index is 0.00326. The molecule has 2 heterocycles. The monoisotopic (exact) mass is 449 g/mol. The summed E-state index contributed by atoms with van der Waals surface area (Å²) in [7, 11) is -3.53. The standard InChI is InChI=1S/C20H27N5O3S2/c1-2-23-15-21-22-20(23)29-14-19(26)24-9-11-25(12-10-24)30(27,28)18-8-7-16-5-3-4-6-17(16)13-18/h7-8,13,15H,2-6,9-12,14H2,1H3. The van der Waals surface area contributed by atoms with Gasteiger partial charge in [0, 0.05) is 32.7 Å². The summed E-state index contributed by atoms with van der Waals surface area (Å²) >= 11 is 1.36. The van der Waals surface area contributed by atoms with Crippen molar-refractivity contribution in [3.05, 3.63) is 35.7 Å². The number of aromatic nitrogens is 3. The molecular weight excluding hydrogens is 422 g/mol. The zero-order chi connectivity index (χ0) is 21.1. The summed E-state index contributed by atoms with van der Waals surface area (Å²) in [6.45, 7) is 4.20. The third kappa shape index (κ3) is 4.40. The topological polar surface area (TPSA) is 88.4 Å². The van der Waals surface area contributed by atoms with Crippen LogP contribution in [0.3, 0.4) is 0 Å². The van der Waals surface area contributed by atoms with Crippen LogP contribution in [0.4, 0.5) is 0 Å². The minimum atomic E-state index is -3.53. The maximum absolute atomic E-state index is 13.1. The smallest absolute Gasteiger partial charge is 0.243 e. The Bertz CT molecular complexity index is 1010. The van der Waals surface area contributed by atoms with Gasteiger partial charge in [0.25, 0.3) is 0 Å². The van der Waals surface area contributed by atoms with Crippen molar-refractivity contribution in [2.24, 2.45) is 0 Å². The Kier molecular flexibility index (Phi) is 6.45. The van der Waals surface area contributed by atoms with Crippen LogP contribution in [0.25, 0.3) is 0 Å². The number of aryl methyl sites for hydroxylation is 3. The number of sulfonamides is 1. The van der Waals surface area contributed by atoms with E-state index in [1.54, 1.807) is 17.3 Å². The van der Waals surface area contributed by atoms with Crippen molar-refractivity contribution in [2.75, 3.05) is 31.9 Å². The van der Waals surface area contributed by atoms with Gasteiger partial charge in [0.05, 0.1) is 10.6 Å². The van der Waals surface area contributed by atoms with Crippen LogP contribution in [0.15, 0.2) is 34.6 Å². The van der Waals surface area contributed by atoms with E-state index in [0.717, 1.165) is 36.5 Å². The largest absolute Gasteiger partial charge is 0.339 e. The van der Waals surface area contributed by atoms with E-state index in [0.29, 0.717) is 31.1 Å². The lowest BCUT2D eigenvalue weighted by Gasteiger charge is -2.34. The molecule has 0 saturated carbocycles. The Morgan fingerprint density at radius 2 is 1.83 bits per heavy atom. The van der Waals surface area contributed by atoms with E-state index in [9.17, 15) is 13.2 Å². The molecule has 0 bridgehead atoms. The van der Waals surface area contributed by atoms with Gasteiger partial charge in [0.15, 0.2) is 5.16 Å². The highest BCUT2D eigenvalue weighted by Crippen LogP contribution is 2.26. The molecule has 1 saturated heterocycles. The molecule has 10 heteroatoms. The van der Waals surface area contributed by atoms with E-state index in [4.69, 9.17) is 0 Å². The highest BCUT2D eigenvalue weighted by atomic mass is 32.2. The summed E-state index contributed by atoms with van der Waals surface area (Å²) in [5.41, 5.74) is 2.43. The normalized spacial score (nSPS) is 17.7. The molecule has 0 atom stereocenters. The van der Waals surface area contributed by atoms with Gasteiger partial charge in [-0.15, -0.1) is 10.2 Å². The van der Waals surface area contributed by atoms with Crippen LogP contribution >= 0.6 is 11.8 Å². The number of carbonyl (C=O) groups is 1. The van der Waals surface area contributed by atoms with E-state index in [1.165, 1.54) is 28.1 Å². The summed E-state index contributed by atoms with van der Waals surface area (Å²) in [6.07, 6.45) is 5.92. The number of rotatable bonds is 6. The number of hydrogen-bond donors (Lipinski definition) is 0. The summed E-state index contributed by atoms with van der Waals surface area (Å²) < 4.78 is 29.6. The van der Waals surface area contributed by atoms with Crippen LogP contribution in [0.1, 0.15) is 30.9 Å². The van der Waals surface area contributed by atoms with E-state index in [2.05, 4.69) is 10.2 Å². The lowest BCUT2D eigenvalue weighted by Crippen LogP contribution is -2.51. The molecule has 1 amide bonds. The van der Waals surface area contributed by atoms with Crippen LogP contribution < -0.4 is 0 Å². The van der Waals surface area contributed by atoms with Gasteiger partial charge in [-0.2, -0.15) is 4.31 Å². The van der Waals surface area contributed by atoms with Gasteiger partial charge < -0.3 is 9.47 Å². The zero-order valence-corrected chi connectivity index (χ0v) is 18.8. The van der Waals surface area contributed by atoms with Crippen LogP contribution in [-0.2, 0) is 34.2 Å². The Morgan fingerprint density at radius 3 is 2.57 bits per heavy atom. The summed E-state index contributed by atoms with van der Waals surface area (Å²) in [6, 6.07) is 5.55. The highest BCUT2D eigenvalue weighted by Gasteiger charge is 2.30. The number of benzene rings is 1. The van der Waals surface area contributed by atoms with E-state index in [1.807, 2.05) is 23.6 Å². The first kappa shape index (κ1) is 21.3. The molecule has 2 aliphatic rings. The molecule has 1 fully saturated rings. The first-order valence-corrected chi connectivity index (χ1v) is 12.8. The third-order valence-electron chi connectivity index (χ3n) is 5.79. The van der Waals surface area contributed by atoms with Crippen molar-refractivity contribution in [2.45, 2.75) is 49.2 Å². The van der Waals surface area contributed by atoms with E-state index >= 15 is 0 Å². The van der Waals surface area contributed by atoms with Crippen molar-refractivity contribution in [3.63, 3.8) is 0 Å². The molecule has 1 aliphatic carbocycles. The summed E-state index contributed by atoms with van der Waals surface area (Å²) in [5.74, 6) is 0.271. The van der Waals surface area contributed by atoms with Crippen LogP contribution in [0.5, 0.6) is 0 Å². The Labute approximate surface area is 181 Å². The molecule has 1 aromatic carbocycles. The van der Waals surface area contributed by atoms with Crippen molar-refractivity contribution >= 4 is 27.7 Å². The van der Waals surface area contributed by atoms with Crippen LogP contribution in [-0.4, -0.2) is 70.2 Å². The quantitative estimate of drug-likeness (QED) is 0.625. The summed E-state index contributed by atoms with van der Waals surface area (Å²) in [5, 5.41) is 8.62. The molecule has 8 nitrogen and oxygen atoms in total. The Hall–Kier alpha value is -1.91. The molecule has 4 rings (SSSR count). The number of carbonyl (C=O) groups excluding carboxylic acids is 1. The van der Waals surface area contributed by atoms with Gasteiger partial charge in [0.1, 0.15) is 6.33 Å². The number of amides is 1. The number of hydrogen-bond acceptors (Lipinski definition) is 6. The predicted molar refractivity (Wildman–Crippen MR) is 115 cm³/mol. The second-order valence-electron chi connectivity index (χ2n) is 7.61. The minimum Gasteiger partial charge on any atom is -0.339 e. The number of fused-ring (bicyclic) bond motifs is 1. The molecule has 0 spiro atoms. The van der Waals surface area contributed by atoms with Crippen LogP contribution in [0, 0.1) is 0 Å². The number of thioether (sulfide) groups is 1. The second-order valence-corrected chi connectivity index (χ2v) is 10.5. The van der Waals surface area contributed by atoms with Crippen molar-refractivity contribution in [1.82, 2.24) is 24.0 Å². The van der Waals surface area contributed by atoms with Crippen LogP contribution in [0.2, 0.25) is 0 Å². The van der Waals surface area contributed by atoms with E-state index in [-0.39, 0.29) is 11.7 Å². The van der Waals surface area contributed by atoms with Gasteiger partial charge in [-0.1, -0.05) is 17.8 Å². The molecule has 162 valence electrons. The summed E-state index contributed by atoms with van der Waals surface area (Å²) in [4.78, 5) is 14.7. The maximum Gasteiger partial charge on any atom is 0.243 e. The first-order chi connectivity index (χ1) is 14.5. The lowest BCUT2D eigenvalue weighted by atomic mass is 9.92. The third-order valence-corrected chi connectivity index (χ3v) is 8.65. The highest BCUT2D eigenvalue weighted by molar-refractivity contribution is 7.99. The molecule has 0 unspecified atom stereocenters. The lowest BCUT2D eigenvalue weighted by molar-refractivity contribution is -0.129. The Balaban J connectivity index is 1.35. The van der Waals surface area contributed by atoms with E-state index < -0.39 is 10.0 Å². The van der Waals surface area contributed by atoms with Gasteiger partial charge in [-0.3, -0.25) is 4.79 Å². The number of nitrogens with zero attached hydrogens (tertiary/aromatic N) is 5. The molecule has 0 N–H and O–H groups in total. The average Bonchev–Trinajstić information content (AvgIpc) is 3.25. The van der Waals surface area contributed by atoms with Crippen molar-refractivity contribution < 1.29 is 13.2 Å². The maximum atomic E-state index is 13.1. The van der Waals surface area contributed by atoms with Gasteiger partial charge in [-0.25, -0.2) is 8.42 Å². The molecule has 1 aliphatic heterocycles. The SMILES string of the molecule is CCn1cnnc1SCC(=O)N1CCN(S(=O)(=O)c2ccc3c(c2)CCCC3)CC1. The van der Waals surface area contributed by atoms with Gasteiger partial charge in [0.2, 0.25) is 15.9 Å². The number of piperazine rings is 1. The molecule has 0 radical (unpaired) electrons. The zero-order valence-electron chi connectivity index (χ0n) is 17.2. The molecule has 2 aromatic rings. The fourth-order valence-electron chi connectivity index (χ4n) is 3.99.